The summed E-state index contributed by atoms with van der Waals surface area (Å²) in [4.78, 5) is 14.2. The number of fused-ring (bicyclic) bond motifs is 1. The third-order valence-electron chi connectivity index (χ3n) is 6.31. The number of hydrogen-bond acceptors (Lipinski definition) is 6. The summed E-state index contributed by atoms with van der Waals surface area (Å²) in [5.74, 6) is 2.25. The van der Waals surface area contributed by atoms with Gasteiger partial charge in [-0.15, -0.1) is 0 Å². The topological polar surface area (TPSA) is 69.3 Å². The summed E-state index contributed by atoms with van der Waals surface area (Å²) >= 11 is 0. The van der Waals surface area contributed by atoms with Crippen LogP contribution in [0.25, 0.3) is 0 Å². The number of nitrogens with one attached hydrogen (secondary N) is 1. The van der Waals surface area contributed by atoms with E-state index < -0.39 is 18.3 Å². The highest BCUT2D eigenvalue weighted by molar-refractivity contribution is 5.76. The predicted molar refractivity (Wildman–Crippen MR) is 127 cm³/mol. The van der Waals surface area contributed by atoms with Gasteiger partial charge in [0.2, 0.25) is 5.91 Å². The quantitative estimate of drug-likeness (QED) is 0.524. The van der Waals surface area contributed by atoms with Crippen molar-refractivity contribution in [2.24, 2.45) is 0 Å². The average molecular weight is 509 g/mol. The maximum atomic E-state index is 13.5. The van der Waals surface area contributed by atoms with Crippen molar-refractivity contribution in [3.63, 3.8) is 0 Å². The van der Waals surface area contributed by atoms with Crippen molar-refractivity contribution in [1.29, 1.82) is 0 Å². The van der Waals surface area contributed by atoms with E-state index in [9.17, 15) is 18.0 Å². The van der Waals surface area contributed by atoms with Gasteiger partial charge < -0.3 is 24.3 Å². The molecule has 0 saturated carbocycles. The van der Waals surface area contributed by atoms with E-state index in [2.05, 4.69) is 5.32 Å². The van der Waals surface area contributed by atoms with E-state index in [0.29, 0.717) is 55.6 Å². The van der Waals surface area contributed by atoms with Crippen molar-refractivity contribution in [3.05, 3.63) is 48.0 Å². The summed E-state index contributed by atoms with van der Waals surface area (Å²) in [7, 11) is 1.57. The highest BCUT2D eigenvalue weighted by atomic mass is 19.4. The summed E-state index contributed by atoms with van der Waals surface area (Å²) in [6.45, 7) is 1.50. The fourth-order valence-corrected chi connectivity index (χ4v) is 4.59. The molecule has 0 spiro atoms. The van der Waals surface area contributed by atoms with Crippen LogP contribution in [0.2, 0.25) is 0 Å². The molecule has 10 heteroatoms. The zero-order chi connectivity index (χ0) is 25.5. The Kier molecular flexibility index (Phi) is 8.45. The highest BCUT2D eigenvalue weighted by Gasteiger charge is 2.46. The Morgan fingerprint density at radius 1 is 1.11 bits per heavy atom. The van der Waals surface area contributed by atoms with Gasteiger partial charge in [0, 0.05) is 12.6 Å². The number of amides is 1. The van der Waals surface area contributed by atoms with Gasteiger partial charge in [-0.25, -0.2) is 0 Å². The molecule has 2 aliphatic rings. The SMILES string of the molecule is COc1ccc(OCCC(=O)N[C@@H](Cc2ccc3c(c2)OCCO3)CN2CCC[C@H]2C(F)(F)F)cc1. The molecule has 2 aromatic rings. The standard InChI is InChI=1S/C26H31F3N2O5/c1-33-20-5-7-21(8-6-20)34-12-10-25(32)30-19(17-31-11-2-3-24(31)26(27,28)29)15-18-4-9-22-23(16-18)36-14-13-35-22/h4-9,16,19,24H,2-3,10-15,17H2,1H3,(H,30,32)/t19-,24-/m0/s1. The molecule has 2 atom stereocenters. The molecule has 2 aromatic carbocycles. The van der Waals surface area contributed by atoms with Gasteiger partial charge in [-0.3, -0.25) is 9.69 Å². The Morgan fingerprint density at radius 3 is 2.56 bits per heavy atom. The van der Waals surface area contributed by atoms with E-state index in [1.807, 2.05) is 12.1 Å². The molecule has 196 valence electrons. The summed E-state index contributed by atoms with van der Waals surface area (Å²) in [6.07, 6.45) is -3.31. The van der Waals surface area contributed by atoms with Gasteiger partial charge in [0.25, 0.3) is 0 Å². The number of carbonyl (C=O) groups excluding carboxylic acids is 1. The Morgan fingerprint density at radius 2 is 1.83 bits per heavy atom. The lowest BCUT2D eigenvalue weighted by Crippen LogP contribution is -2.50. The fourth-order valence-electron chi connectivity index (χ4n) is 4.59. The minimum atomic E-state index is -4.30. The summed E-state index contributed by atoms with van der Waals surface area (Å²) in [6, 6.07) is 10.5. The van der Waals surface area contributed by atoms with Crippen LogP contribution < -0.4 is 24.3 Å². The van der Waals surface area contributed by atoms with Crippen LogP contribution in [-0.4, -0.2) is 69.1 Å². The normalized spacial score (nSPS) is 18.5. The summed E-state index contributed by atoms with van der Waals surface area (Å²) < 4.78 is 62.5. The van der Waals surface area contributed by atoms with Crippen LogP contribution >= 0.6 is 0 Å². The first kappa shape index (κ1) is 25.9. The maximum Gasteiger partial charge on any atom is 0.404 e. The molecule has 7 nitrogen and oxygen atoms in total. The number of benzene rings is 2. The van der Waals surface area contributed by atoms with E-state index in [-0.39, 0.29) is 31.9 Å². The average Bonchev–Trinajstić information content (AvgIpc) is 3.33. The van der Waals surface area contributed by atoms with Gasteiger partial charge in [-0.2, -0.15) is 13.2 Å². The number of halogens is 3. The Bertz CT molecular complexity index is 1020. The molecule has 1 fully saturated rings. The molecule has 1 amide bonds. The first-order valence-electron chi connectivity index (χ1n) is 12.1. The second-order valence-electron chi connectivity index (χ2n) is 8.92. The molecular weight excluding hydrogens is 477 g/mol. The van der Waals surface area contributed by atoms with Crippen molar-refractivity contribution in [1.82, 2.24) is 10.2 Å². The summed E-state index contributed by atoms with van der Waals surface area (Å²) in [5, 5.41) is 2.93. The van der Waals surface area contributed by atoms with Crippen LogP contribution in [-0.2, 0) is 11.2 Å². The molecule has 1 N–H and O–H groups in total. The van der Waals surface area contributed by atoms with Gasteiger partial charge in [-0.05, 0) is 67.8 Å². The number of ether oxygens (including phenoxy) is 4. The first-order chi connectivity index (χ1) is 17.3. The third kappa shape index (κ3) is 6.96. The number of rotatable bonds is 10. The lowest BCUT2D eigenvalue weighted by Gasteiger charge is -2.31. The van der Waals surface area contributed by atoms with E-state index in [0.717, 1.165) is 5.56 Å². The van der Waals surface area contributed by atoms with Crippen LogP contribution in [0.15, 0.2) is 42.5 Å². The molecule has 1 saturated heterocycles. The van der Waals surface area contributed by atoms with Crippen LogP contribution in [0.5, 0.6) is 23.0 Å². The molecule has 4 rings (SSSR count). The van der Waals surface area contributed by atoms with Crippen molar-refractivity contribution in [3.8, 4) is 23.0 Å². The number of likely N-dealkylation sites (tertiary alicyclic amines) is 1. The molecule has 0 bridgehead atoms. The maximum absolute atomic E-state index is 13.5. The number of nitrogens with zero attached hydrogens (tertiary/aromatic N) is 1. The van der Waals surface area contributed by atoms with Crippen LogP contribution in [0.3, 0.4) is 0 Å². The lowest BCUT2D eigenvalue weighted by atomic mass is 10.0. The predicted octanol–water partition coefficient (Wildman–Crippen LogP) is 3.99. The Balaban J connectivity index is 1.39. The fraction of sp³-hybridized carbons (Fsp3) is 0.500. The smallest absolute Gasteiger partial charge is 0.404 e. The molecule has 0 unspecified atom stereocenters. The third-order valence-corrected chi connectivity index (χ3v) is 6.31. The molecule has 0 aromatic heterocycles. The van der Waals surface area contributed by atoms with E-state index in [4.69, 9.17) is 18.9 Å². The van der Waals surface area contributed by atoms with Crippen molar-refractivity contribution < 1.29 is 36.9 Å². The van der Waals surface area contributed by atoms with Gasteiger partial charge in [0.05, 0.1) is 20.1 Å². The Labute approximate surface area is 208 Å². The minimum absolute atomic E-state index is 0.0733. The number of methoxy groups -OCH3 is 1. The zero-order valence-electron chi connectivity index (χ0n) is 20.2. The number of hydrogen-bond donors (Lipinski definition) is 1. The van der Waals surface area contributed by atoms with Gasteiger partial charge in [0.15, 0.2) is 11.5 Å². The lowest BCUT2D eigenvalue weighted by molar-refractivity contribution is -0.176. The van der Waals surface area contributed by atoms with Gasteiger partial charge in [0.1, 0.15) is 30.8 Å². The van der Waals surface area contributed by atoms with Crippen molar-refractivity contribution in [2.75, 3.05) is 40.0 Å². The number of alkyl halides is 3. The summed E-state index contributed by atoms with van der Waals surface area (Å²) in [5.41, 5.74) is 0.849. The van der Waals surface area contributed by atoms with Crippen LogP contribution in [0.1, 0.15) is 24.8 Å². The zero-order valence-corrected chi connectivity index (χ0v) is 20.2. The number of carbonyl (C=O) groups is 1. The van der Waals surface area contributed by atoms with E-state index in [1.54, 1.807) is 37.4 Å². The molecular formula is C26H31F3N2O5. The van der Waals surface area contributed by atoms with Crippen molar-refractivity contribution in [2.45, 2.75) is 43.9 Å². The molecule has 36 heavy (non-hydrogen) atoms. The first-order valence-corrected chi connectivity index (χ1v) is 12.1. The van der Waals surface area contributed by atoms with Crippen molar-refractivity contribution >= 4 is 5.91 Å². The molecule has 2 heterocycles. The highest BCUT2D eigenvalue weighted by Crippen LogP contribution is 2.34. The van der Waals surface area contributed by atoms with Crippen LogP contribution in [0, 0.1) is 0 Å². The van der Waals surface area contributed by atoms with E-state index >= 15 is 0 Å². The monoisotopic (exact) mass is 508 g/mol. The Hall–Kier alpha value is -3.14. The molecule has 0 radical (unpaired) electrons. The largest absolute Gasteiger partial charge is 0.497 e. The minimum Gasteiger partial charge on any atom is -0.497 e. The second-order valence-corrected chi connectivity index (χ2v) is 8.92. The van der Waals surface area contributed by atoms with E-state index in [1.165, 1.54) is 4.90 Å². The second kappa shape index (κ2) is 11.7. The van der Waals surface area contributed by atoms with Crippen LogP contribution in [0.4, 0.5) is 13.2 Å². The molecule has 2 aliphatic heterocycles. The molecule has 0 aliphatic carbocycles. The van der Waals surface area contributed by atoms with Gasteiger partial charge in [-0.1, -0.05) is 6.07 Å². The van der Waals surface area contributed by atoms with Gasteiger partial charge >= 0.3 is 6.18 Å².